The summed E-state index contributed by atoms with van der Waals surface area (Å²) >= 11 is 20.5. The van der Waals surface area contributed by atoms with Gasteiger partial charge in [0.2, 0.25) is 0 Å². The van der Waals surface area contributed by atoms with Gasteiger partial charge in [-0.25, -0.2) is 9.97 Å². The number of aromatic nitrogens is 4. The molecule has 0 aliphatic heterocycles. The van der Waals surface area contributed by atoms with Gasteiger partial charge in [0.05, 0.1) is 39.7 Å². The van der Waals surface area contributed by atoms with Crippen LogP contribution in [0.1, 0.15) is 296 Å². The second-order valence-corrected chi connectivity index (χ2v) is 36.8. The van der Waals surface area contributed by atoms with Crippen molar-refractivity contribution in [2.45, 2.75) is 297 Å². The molecule has 10 aromatic rings. The van der Waals surface area contributed by atoms with Crippen LogP contribution < -0.4 is 0 Å². The Balaban J connectivity index is 1.03. The van der Waals surface area contributed by atoms with Crippen molar-refractivity contribution in [2.24, 2.45) is 11.8 Å². The first-order chi connectivity index (χ1) is 45.9. The van der Waals surface area contributed by atoms with Crippen molar-refractivity contribution in [3.63, 3.8) is 0 Å². The third-order valence-electron chi connectivity index (χ3n) is 20.0. The van der Waals surface area contributed by atoms with Crippen molar-refractivity contribution in [3.8, 4) is 40.4 Å². The Hall–Kier alpha value is -2.46. The molecule has 2 unspecified atom stereocenters. The number of thiophene rings is 6. The lowest BCUT2D eigenvalue weighted by Gasteiger charge is -2.18. The highest BCUT2D eigenvalue weighted by atomic mass is 79.9. The smallest absolute Gasteiger partial charge is 0.116 e. The van der Waals surface area contributed by atoms with E-state index in [1.54, 1.807) is 0 Å². The van der Waals surface area contributed by atoms with Crippen LogP contribution in [-0.2, 0) is 12.8 Å². The number of fused-ring (bicyclic) bond motifs is 8. The fourth-order valence-electron chi connectivity index (χ4n) is 14.7. The van der Waals surface area contributed by atoms with E-state index in [0.29, 0.717) is 11.8 Å². The van der Waals surface area contributed by atoms with E-state index >= 15 is 0 Å². The molecule has 13 heteroatoms. The minimum Gasteiger partial charge on any atom is -0.243 e. The molecule has 0 aliphatic rings. The molecule has 4 nitrogen and oxygen atoms in total. The van der Waals surface area contributed by atoms with E-state index in [4.69, 9.17) is 18.7 Å². The molecule has 504 valence electrons. The highest BCUT2D eigenvalue weighted by molar-refractivity contribution is 9.11. The van der Waals surface area contributed by atoms with Crippen molar-refractivity contribution < 1.29 is 0 Å². The third-order valence-corrected chi connectivity index (χ3v) is 28.5. The average Bonchev–Trinajstić information content (AvgIpc) is 1.69. The first kappa shape index (κ1) is 73.3. The van der Waals surface area contributed by atoms with E-state index < -0.39 is 0 Å². The zero-order valence-electron chi connectivity index (χ0n) is 57.0. The number of hydrogen-bond acceptors (Lipinski definition) is 11. The van der Waals surface area contributed by atoms with Crippen molar-refractivity contribution in [3.05, 3.63) is 78.0 Å². The molecule has 0 N–H and O–H groups in total. The van der Waals surface area contributed by atoms with E-state index in [-0.39, 0.29) is 0 Å². The molecule has 0 fully saturated rings. The SMILES string of the molecule is CCCCCCCCCCCCC(CCCCCCCCCC)Cc1cc(-c2c3nsnc3c(-c3cc(CC(CCCCCCCCCC)CCCCCCCCCCCC)c(-c4ccc(Br)s4)s3)c3nc4c5ccsc5c5sccc5c4nc23)sc1-c1ccc(Br)s1. The Morgan fingerprint density at radius 1 is 0.333 bits per heavy atom. The monoisotopic (exact) mass is 1510 g/mol. The van der Waals surface area contributed by atoms with E-state index in [0.717, 1.165) is 57.1 Å². The Kier molecular flexibility index (Phi) is 31.5. The number of rotatable bonds is 48. The fourth-order valence-corrected chi connectivity index (χ4v) is 22.8. The van der Waals surface area contributed by atoms with Crippen molar-refractivity contribution in [2.75, 3.05) is 0 Å². The van der Waals surface area contributed by atoms with Gasteiger partial charge in [-0.1, -0.05) is 285 Å². The van der Waals surface area contributed by atoms with Crippen LogP contribution in [0.15, 0.2) is 66.9 Å². The highest BCUT2D eigenvalue weighted by Gasteiger charge is 2.30. The lowest BCUT2D eigenvalue weighted by Crippen LogP contribution is -2.05. The van der Waals surface area contributed by atoms with Crippen LogP contribution in [0.25, 0.3) is 93.7 Å². The Labute approximate surface area is 605 Å². The second kappa shape index (κ2) is 40.0. The summed E-state index contributed by atoms with van der Waals surface area (Å²) in [7, 11) is 0. The van der Waals surface area contributed by atoms with E-state index in [1.807, 2.05) is 68.0 Å². The lowest BCUT2D eigenvalue weighted by atomic mass is 9.88. The first-order valence-electron chi connectivity index (χ1n) is 37.3. The summed E-state index contributed by atoms with van der Waals surface area (Å²) in [6.45, 7) is 9.31. The number of unbranched alkanes of at least 4 members (excludes halogenated alkanes) is 32. The average molecular weight is 1510 g/mol. The molecule has 10 rings (SSSR count). The molecular weight excluding hydrogens is 1400 g/mol. The highest BCUT2D eigenvalue weighted by Crippen LogP contribution is 2.52. The van der Waals surface area contributed by atoms with E-state index in [1.165, 1.54) is 337 Å². The molecule has 93 heavy (non-hydrogen) atoms. The minimum atomic E-state index is 0.647. The van der Waals surface area contributed by atoms with Gasteiger partial charge in [-0.3, -0.25) is 0 Å². The Morgan fingerprint density at radius 2 is 0.645 bits per heavy atom. The molecule has 2 aromatic carbocycles. The summed E-state index contributed by atoms with van der Waals surface area (Å²) in [5.41, 5.74) is 11.0. The first-order valence-corrected chi connectivity index (χ1v) is 44.6. The fraction of sp³-hybridized carbons (Fsp3) is 0.600. The number of benzene rings is 2. The van der Waals surface area contributed by atoms with Crippen LogP contribution in [0.4, 0.5) is 0 Å². The molecule has 0 saturated heterocycles. The third kappa shape index (κ3) is 20.8. The molecule has 8 aromatic heterocycles. The van der Waals surface area contributed by atoms with Gasteiger partial charge in [0, 0.05) is 51.2 Å². The van der Waals surface area contributed by atoms with Crippen LogP contribution in [-0.4, -0.2) is 18.7 Å². The molecule has 2 atom stereocenters. The maximum Gasteiger partial charge on any atom is 0.116 e. The van der Waals surface area contributed by atoms with Crippen LogP contribution >= 0.6 is 112 Å². The van der Waals surface area contributed by atoms with Gasteiger partial charge >= 0.3 is 0 Å². The summed E-state index contributed by atoms with van der Waals surface area (Å²) in [6, 6.07) is 19.0. The second-order valence-electron chi connectivity index (χ2n) is 27.4. The molecule has 8 heterocycles. The Bertz CT molecular complexity index is 3540. The largest absolute Gasteiger partial charge is 0.243 e. The maximum absolute atomic E-state index is 6.02. The van der Waals surface area contributed by atoms with Crippen LogP contribution in [0, 0.1) is 11.8 Å². The van der Waals surface area contributed by atoms with Crippen molar-refractivity contribution in [1.82, 2.24) is 18.7 Å². The van der Waals surface area contributed by atoms with Gasteiger partial charge in [-0.05, 0) is 127 Å². The topological polar surface area (TPSA) is 51.6 Å². The van der Waals surface area contributed by atoms with Crippen LogP contribution in [0.3, 0.4) is 0 Å². The zero-order chi connectivity index (χ0) is 64.4. The van der Waals surface area contributed by atoms with Gasteiger partial charge in [0.25, 0.3) is 0 Å². The van der Waals surface area contributed by atoms with Gasteiger partial charge in [0.15, 0.2) is 0 Å². The van der Waals surface area contributed by atoms with Gasteiger partial charge < -0.3 is 0 Å². The summed E-state index contributed by atoms with van der Waals surface area (Å²) in [4.78, 5) is 20.0. The standard InChI is InChI=1S/C80H108Br2N4S7/c1-5-9-13-17-21-25-27-31-35-39-43-57(41-37-33-29-23-19-15-11-7-3)53-59-55-65(91-77(59)63-45-47-67(81)89-63)69-73-74(84-72-62-50-52-88-80(62)79-61(49-51-87-79)71(72)83-73)70(76-75(69)85-93-86-76)66-56-60(78(92-66)64-46-48-68(82)90-64)54-58(42-38-34-30-24-20-16-12-8-4)44-40-36-32-28-26-22-18-14-10-6-2/h45-52,55-58H,5-44,53-54H2,1-4H3. The number of hydrogen-bond donors (Lipinski definition) is 0. The molecule has 0 spiro atoms. The van der Waals surface area contributed by atoms with Gasteiger partial charge in [-0.2, -0.15) is 8.75 Å². The summed E-state index contributed by atoms with van der Waals surface area (Å²) in [5.74, 6) is 1.29. The molecule has 0 saturated carbocycles. The summed E-state index contributed by atoms with van der Waals surface area (Å²) in [5, 5.41) is 6.90. The molecular formula is C80H108Br2N4S7. The minimum absolute atomic E-state index is 0.647. The normalized spacial score (nSPS) is 12.8. The summed E-state index contributed by atoms with van der Waals surface area (Å²) in [6.07, 6.45) is 56.9. The van der Waals surface area contributed by atoms with E-state index in [2.05, 4.69) is 119 Å². The summed E-state index contributed by atoms with van der Waals surface area (Å²) < 4.78 is 15.8. The van der Waals surface area contributed by atoms with Gasteiger partial charge in [0.1, 0.15) is 22.1 Å². The lowest BCUT2D eigenvalue weighted by molar-refractivity contribution is 0.400. The predicted molar refractivity (Wildman–Crippen MR) is 429 cm³/mol. The maximum atomic E-state index is 6.02. The quantitative estimate of drug-likeness (QED) is 0.0282. The van der Waals surface area contributed by atoms with Crippen molar-refractivity contribution >= 4 is 165 Å². The number of nitrogens with zero attached hydrogens (tertiary/aromatic N) is 4. The van der Waals surface area contributed by atoms with Crippen LogP contribution in [0.5, 0.6) is 0 Å². The van der Waals surface area contributed by atoms with Crippen LogP contribution in [0.2, 0.25) is 0 Å². The Morgan fingerprint density at radius 3 is 0.946 bits per heavy atom. The predicted octanol–water partition coefficient (Wildman–Crippen LogP) is 31.7. The molecule has 0 amide bonds. The molecule has 0 bridgehead atoms. The molecule has 0 radical (unpaired) electrons. The molecule has 0 aliphatic carbocycles. The zero-order valence-corrected chi connectivity index (χ0v) is 65.9. The van der Waals surface area contributed by atoms with Gasteiger partial charge in [-0.15, -0.1) is 68.0 Å². The number of halogens is 2. The van der Waals surface area contributed by atoms with Crippen molar-refractivity contribution in [1.29, 1.82) is 0 Å². The van der Waals surface area contributed by atoms with E-state index in [9.17, 15) is 0 Å².